The minimum Gasteiger partial charge on any atom is -0.481 e. The summed E-state index contributed by atoms with van der Waals surface area (Å²) >= 11 is 0. The zero-order valence-corrected chi connectivity index (χ0v) is 14.2. The number of nitrogens with zero attached hydrogens (tertiary/aromatic N) is 3. The number of imide groups is 1. The van der Waals surface area contributed by atoms with Gasteiger partial charge in [0.1, 0.15) is 6.04 Å². The predicted octanol–water partition coefficient (Wildman–Crippen LogP) is 1.31. The number of piperidine rings is 2. The highest BCUT2D eigenvalue weighted by Gasteiger charge is 2.29. The summed E-state index contributed by atoms with van der Waals surface area (Å²) in [4.78, 5) is 36.6. The van der Waals surface area contributed by atoms with E-state index in [4.69, 9.17) is 5.11 Å². The molecule has 3 heterocycles. The van der Waals surface area contributed by atoms with Crippen LogP contribution in [-0.2, 0) is 14.4 Å². The van der Waals surface area contributed by atoms with Crippen LogP contribution in [0.4, 0.5) is 5.69 Å². The summed E-state index contributed by atoms with van der Waals surface area (Å²) in [6.45, 7) is 1.42. The average Bonchev–Trinajstić information content (AvgIpc) is 3.04. The molecule has 1 aromatic carbocycles. The molecule has 0 spiro atoms. The Morgan fingerprint density at radius 3 is 2.65 bits per heavy atom. The van der Waals surface area contributed by atoms with E-state index in [0.29, 0.717) is 38.8 Å². The molecule has 2 aromatic rings. The number of fused-ring (bicyclic) bond motifs is 1. The van der Waals surface area contributed by atoms with Crippen molar-refractivity contribution in [2.24, 2.45) is 5.92 Å². The zero-order chi connectivity index (χ0) is 18.3. The van der Waals surface area contributed by atoms with E-state index in [1.54, 1.807) is 4.68 Å². The van der Waals surface area contributed by atoms with Gasteiger partial charge in [-0.2, -0.15) is 5.10 Å². The Labute approximate surface area is 149 Å². The van der Waals surface area contributed by atoms with Gasteiger partial charge in [-0.15, -0.1) is 0 Å². The summed E-state index contributed by atoms with van der Waals surface area (Å²) in [6.07, 6.45) is 3.89. The van der Waals surface area contributed by atoms with Gasteiger partial charge < -0.3 is 10.0 Å². The third-order valence-corrected chi connectivity index (χ3v) is 5.24. The number of aromatic nitrogens is 2. The lowest BCUT2D eigenvalue weighted by Gasteiger charge is -2.31. The monoisotopic (exact) mass is 356 g/mol. The molecular formula is C18H20N4O4. The van der Waals surface area contributed by atoms with Crippen LogP contribution in [-0.4, -0.2) is 45.8 Å². The normalized spacial score (nSPS) is 21.8. The fraction of sp³-hybridized carbons (Fsp3) is 0.444. The van der Waals surface area contributed by atoms with Crippen LogP contribution >= 0.6 is 0 Å². The SMILES string of the molecule is O=C1CCC(n2cc3cc(N4CCC(C(=O)O)CC4)ccc3n2)C(=O)N1. The summed E-state index contributed by atoms with van der Waals surface area (Å²) in [6, 6.07) is 5.45. The van der Waals surface area contributed by atoms with Crippen molar-refractivity contribution in [2.45, 2.75) is 31.7 Å². The number of carboxylic acid groups (broad SMARTS) is 1. The van der Waals surface area contributed by atoms with Crippen molar-refractivity contribution in [1.82, 2.24) is 15.1 Å². The van der Waals surface area contributed by atoms with Crippen LogP contribution in [0.3, 0.4) is 0 Å². The van der Waals surface area contributed by atoms with Crippen LogP contribution in [0.1, 0.15) is 31.7 Å². The fourth-order valence-corrected chi connectivity index (χ4v) is 3.71. The smallest absolute Gasteiger partial charge is 0.306 e. The number of aliphatic carboxylic acids is 1. The van der Waals surface area contributed by atoms with Gasteiger partial charge in [-0.25, -0.2) is 0 Å². The van der Waals surface area contributed by atoms with Gasteiger partial charge in [0.2, 0.25) is 5.91 Å². The lowest BCUT2D eigenvalue weighted by molar-refractivity contribution is -0.142. The second kappa shape index (κ2) is 6.44. The molecule has 2 aliphatic heterocycles. The third-order valence-electron chi connectivity index (χ3n) is 5.24. The van der Waals surface area contributed by atoms with E-state index in [2.05, 4.69) is 15.3 Å². The molecular weight excluding hydrogens is 336 g/mol. The molecule has 2 N–H and O–H groups in total. The molecule has 0 saturated carbocycles. The number of benzene rings is 1. The van der Waals surface area contributed by atoms with Crippen LogP contribution < -0.4 is 10.2 Å². The maximum Gasteiger partial charge on any atom is 0.306 e. The molecule has 2 aliphatic rings. The minimum absolute atomic E-state index is 0.241. The topological polar surface area (TPSA) is 105 Å². The first kappa shape index (κ1) is 16.6. The van der Waals surface area contributed by atoms with E-state index in [1.165, 1.54) is 0 Å². The Bertz CT molecular complexity index is 882. The Kier molecular flexibility index (Phi) is 4.10. The summed E-state index contributed by atoms with van der Waals surface area (Å²) < 4.78 is 1.63. The van der Waals surface area contributed by atoms with E-state index in [1.807, 2.05) is 24.4 Å². The van der Waals surface area contributed by atoms with E-state index >= 15 is 0 Å². The number of hydrogen-bond donors (Lipinski definition) is 2. The van der Waals surface area contributed by atoms with E-state index in [9.17, 15) is 14.4 Å². The Morgan fingerprint density at radius 1 is 1.19 bits per heavy atom. The third kappa shape index (κ3) is 3.02. The highest BCUT2D eigenvalue weighted by molar-refractivity contribution is 5.99. The number of hydrogen-bond acceptors (Lipinski definition) is 5. The van der Waals surface area contributed by atoms with Gasteiger partial charge in [0.25, 0.3) is 5.91 Å². The first-order valence-corrected chi connectivity index (χ1v) is 8.81. The molecule has 0 aliphatic carbocycles. The number of anilines is 1. The molecule has 2 amide bonds. The average molecular weight is 356 g/mol. The van der Waals surface area contributed by atoms with Gasteiger partial charge in [-0.05, 0) is 37.5 Å². The van der Waals surface area contributed by atoms with Crippen LogP contribution in [0.15, 0.2) is 24.4 Å². The maximum absolute atomic E-state index is 12.0. The first-order chi connectivity index (χ1) is 12.5. The standard InChI is InChI=1S/C18H20N4O4/c23-16-4-3-15(17(24)19-16)22-10-12-9-13(1-2-14(12)20-22)21-7-5-11(6-8-21)18(25)26/h1-2,9-11,15H,3-8H2,(H,25,26)(H,19,23,24). The van der Waals surface area contributed by atoms with Crippen LogP contribution in [0.2, 0.25) is 0 Å². The lowest BCUT2D eigenvalue weighted by Crippen LogP contribution is -2.41. The first-order valence-electron chi connectivity index (χ1n) is 8.81. The summed E-state index contributed by atoms with van der Waals surface area (Å²) in [5.41, 5.74) is 1.82. The van der Waals surface area contributed by atoms with Crippen LogP contribution in [0, 0.1) is 5.92 Å². The van der Waals surface area contributed by atoms with E-state index in [-0.39, 0.29) is 17.7 Å². The molecule has 8 heteroatoms. The van der Waals surface area contributed by atoms with Crippen molar-refractivity contribution in [1.29, 1.82) is 0 Å². The van der Waals surface area contributed by atoms with Gasteiger partial charge in [0.05, 0.1) is 11.4 Å². The summed E-state index contributed by atoms with van der Waals surface area (Å²) in [7, 11) is 0. The summed E-state index contributed by atoms with van der Waals surface area (Å²) in [5, 5.41) is 16.9. The van der Waals surface area contributed by atoms with Crippen molar-refractivity contribution in [3.8, 4) is 0 Å². The Balaban J connectivity index is 1.54. The van der Waals surface area contributed by atoms with Crippen molar-refractivity contribution in [3.05, 3.63) is 24.4 Å². The molecule has 2 saturated heterocycles. The molecule has 8 nitrogen and oxygen atoms in total. The van der Waals surface area contributed by atoms with Gasteiger partial charge in [0, 0.05) is 36.8 Å². The molecule has 1 aromatic heterocycles. The van der Waals surface area contributed by atoms with Gasteiger partial charge in [-0.3, -0.25) is 24.4 Å². The van der Waals surface area contributed by atoms with Crippen molar-refractivity contribution in [3.63, 3.8) is 0 Å². The second-order valence-corrected chi connectivity index (χ2v) is 6.92. The fourth-order valence-electron chi connectivity index (χ4n) is 3.71. The van der Waals surface area contributed by atoms with E-state index in [0.717, 1.165) is 16.6 Å². The molecule has 1 atom stereocenters. The highest BCUT2D eigenvalue weighted by atomic mass is 16.4. The lowest BCUT2D eigenvalue weighted by atomic mass is 9.96. The number of nitrogens with one attached hydrogen (secondary N) is 1. The van der Waals surface area contributed by atoms with Gasteiger partial charge in [0.15, 0.2) is 0 Å². The molecule has 2 fully saturated rings. The Morgan fingerprint density at radius 2 is 1.96 bits per heavy atom. The minimum atomic E-state index is -0.717. The number of amides is 2. The zero-order valence-electron chi connectivity index (χ0n) is 14.2. The van der Waals surface area contributed by atoms with Crippen LogP contribution in [0.25, 0.3) is 10.9 Å². The maximum atomic E-state index is 12.0. The van der Waals surface area contributed by atoms with Crippen molar-refractivity contribution >= 4 is 34.4 Å². The summed E-state index contributed by atoms with van der Waals surface area (Å²) in [5.74, 6) is -1.53. The van der Waals surface area contributed by atoms with Gasteiger partial charge in [-0.1, -0.05) is 0 Å². The number of carbonyl (C=O) groups is 3. The number of carbonyl (C=O) groups excluding carboxylic acids is 2. The molecule has 26 heavy (non-hydrogen) atoms. The number of rotatable bonds is 3. The number of carboxylic acids is 1. The van der Waals surface area contributed by atoms with Crippen molar-refractivity contribution < 1.29 is 19.5 Å². The molecule has 1 unspecified atom stereocenters. The molecule has 0 radical (unpaired) electrons. The second-order valence-electron chi connectivity index (χ2n) is 6.92. The largest absolute Gasteiger partial charge is 0.481 e. The highest BCUT2D eigenvalue weighted by Crippen LogP contribution is 2.28. The molecule has 0 bridgehead atoms. The van der Waals surface area contributed by atoms with Gasteiger partial charge >= 0.3 is 5.97 Å². The molecule has 4 rings (SSSR count). The van der Waals surface area contributed by atoms with E-state index < -0.39 is 12.0 Å². The van der Waals surface area contributed by atoms with Crippen molar-refractivity contribution in [2.75, 3.05) is 18.0 Å². The predicted molar refractivity (Wildman–Crippen MR) is 93.7 cm³/mol. The van der Waals surface area contributed by atoms with Crippen LogP contribution in [0.5, 0.6) is 0 Å². The molecule has 136 valence electrons. The Hall–Kier alpha value is -2.90. The quantitative estimate of drug-likeness (QED) is 0.804.